The van der Waals surface area contributed by atoms with Gasteiger partial charge in [-0.1, -0.05) is 6.42 Å². The number of ether oxygens (including phenoxy) is 1. The van der Waals surface area contributed by atoms with Crippen LogP contribution in [0.3, 0.4) is 0 Å². The van der Waals surface area contributed by atoms with Crippen LogP contribution in [0.25, 0.3) is 10.9 Å². The number of aliphatic hydroxyl groups excluding tert-OH is 2. The first-order chi connectivity index (χ1) is 12.0. The van der Waals surface area contributed by atoms with Crippen molar-refractivity contribution in [1.29, 1.82) is 0 Å². The van der Waals surface area contributed by atoms with Gasteiger partial charge in [-0.3, -0.25) is 9.48 Å². The van der Waals surface area contributed by atoms with Crippen molar-refractivity contribution in [3.8, 4) is 5.75 Å². The van der Waals surface area contributed by atoms with E-state index in [4.69, 9.17) is 4.74 Å². The van der Waals surface area contributed by atoms with Crippen LogP contribution in [0.2, 0.25) is 0 Å². The van der Waals surface area contributed by atoms with Crippen LogP contribution < -0.4 is 10.1 Å². The molecule has 3 rings (SSSR count). The molecule has 1 fully saturated rings. The van der Waals surface area contributed by atoms with E-state index in [1.54, 1.807) is 14.0 Å². The van der Waals surface area contributed by atoms with Gasteiger partial charge in [0.1, 0.15) is 11.4 Å². The van der Waals surface area contributed by atoms with E-state index < -0.39 is 11.4 Å². The molecule has 0 unspecified atom stereocenters. The molecule has 1 saturated carbocycles. The zero-order valence-electron chi connectivity index (χ0n) is 14.7. The van der Waals surface area contributed by atoms with E-state index >= 15 is 0 Å². The summed E-state index contributed by atoms with van der Waals surface area (Å²) in [4.78, 5) is 12.7. The van der Waals surface area contributed by atoms with Crippen LogP contribution in [0.5, 0.6) is 5.75 Å². The van der Waals surface area contributed by atoms with E-state index in [9.17, 15) is 15.0 Å². The fourth-order valence-corrected chi connectivity index (χ4v) is 2.87. The molecule has 0 aliphatic heterocycles. The minimum Gasteiger partial charge on any atom is -0.493 e. The molecule has 0 spiro atoms. The average molecular weight is 347 g/mol. The Morgan fingerprint density at radius 2 is 2.12 bits per heavy atom. The fraction of sp³-hybridized carbons (Fsp3) is 0.556. The predicted octanol–water partition coefficient (Wildman–Crippen LogP) is 1.23. The third-order valence-corrected chi connectivity index (χ3v) is 4.84. The van der Waals surface area contributed by atoms with Crippen LogP contribution in [-0.2, 0) is 7.05 Å². The predicted molar refractivity (Wildman–Crippen MR) is 93.6 cm³/mol. The summed E-state index contributed by atoms with van der Waals surface area (Å²) in [5.74, 6) is 0.947. The number of nitrogens with zero attached hydrogens (tertiary/aromatic N) is 2. The van der Waals surface area contributed by atoms with Crippen LogP contribution in [0, 0.1) is 5.92 Å². The third kappa shape index (κ3) is 3.62. The highest BCUT2D eigenvalue weighted by atomic mass is 16.5. The minimum absolute atomic E-state index is 0.360. The van der Waals surface area contributed by atoms with E-state index in [1.807, 2.05) is 18.2 Å². The topological polar surface area (TPSA) is 96.6 Å². The van der Waals surface area contributed by atoms with Crippen molar-refractivity contribution >= 4 is 16.8 Å². The minimum atomic E-state index is -1.09. The lowest BCUT2D eigenvalue weighted by atomic mass is 9.86. The van der Waals surface area contributed by atoms with Crippen molar-refractivity contribution in [2.24, 2.45) is 13.0 Å². The van der Waals surface area contributed by atoms with Gasteiger partial charge in [-0.15, -0.1) is 0 Å². The molecule has 7 nitrogen and oxygen atoms in total. The van der Waals surface area contributed by atoms with Gasteiger partial charge in [0.05, 0.1) is 30.9 Å². The Morgan fingerprint density at radius 1 is 1.40 bits per heavy atom. The number of carbonyl (C=O) groups excluding carboxylic acids is 1. The first-order valence-corrected chi connectivity index (χ1v) is 8.59. The highest BCUT2D eigenvalue weighted by Crippen LogP contribution is 2.29. The normalized spacial score (nSPS) is 15.2. The molecule has 136 valence electrons. The molecule has 1 aliphatic carbocycles. The van der Waals surface area contributed by atoms with Crippen molar-refractivity contribution in [2.75, 3.05) is 19.8 Å². The van der Waals surface area contributed by atoms with Crippen molar-refractivity contribution in [2.45, 2.75) is 31.7 Å². The zero-order valence-corrected chi connectivity index (χ0v) is 14.7. The van der Waals surface area contributed by atoms with Gasteiger partial charge in [0.25, 0.3) is 5.91 Å². The number of amides is 1. The summed E-state index contributed by atoms with van der Waals surface area (Å²) in [6, 6.07) is 5.52. The Labute approximate surface area is 146 Å². The monoisotopic (exact) mass is 347 g/mol. The molecular weight excluding hydrogens is 322 g/mol. The summed E-state index contributed by atoms with van der Waals surface area (Å²) in [5.41, 5.74) is -0.0259. The molecule has 3 N–H and O–H groups in total. The summed E-state index contributed by atoms with van der Waals surface area (Å²) in [6.07, 6.45) is 3.70. The van der Waals surface area contributed by atoms with Crippen LogP contribution in [0.4, 0.5) is 0 Å². The second-order valence-corrected chi connectivity index (χ2v) is 7.09. The zero-order chi connectivity index (χ0) is 18.0. The average Bonchev–Trinajstić information content (AvgIpc) is 2.88. The summed E-state index contributed by atoms with van der Waals surface area (Å²) >= 11 is 0. The van der Waals surface area contributed by atoms with Crippen molar-refractivity contribution in [3.63, 3.8) is 0 Å². The lowest BCUT2D eigenvalue weighted by Crippen LogP contribution is -2.52. The second kappa shape index (κ2) is 7.01. The molecule has 1 aliphatic rings. The summed E-state index contributed by atoms with van der Waals surface area (Å²) in [5, 5.41) is 26.5. The molecule has 25 heavy (non-hydrogen) atoms. The summed E-state index contributed by atoms with van der Waals surface area (Å²) < 4.78 is 7.36. The molecule has 1 amide bonds. The molecule has 0 bridgehead atoms. The molecule has 7 heteroatoms. The summed E-state index contributed by atoms with van der Waals surface area (Å²) in [7, 11) is 1.69. The molecule has 1 aromatic heterocycles. The van der Waals surface area contributed by atoms with Crippen molar-refractivity contribution in [1.82, 2.24) is 15.1 Å². The first-order valence-electron chi connectivity index (χ1n) is 8.59. The number of carbonyl (C=O) groups is 1. The molecule has 2 aromatic rings. The largest absolute Gasteiger partial charge is 0.493 e. The first kappa shape index (κ1) is 17.7. The van der Waals surface area contributed by atoms with Crippen LogP contribution >= 0.6 is 0 Å². The molecular formula is C18H25N3O4. The number of hydrogen-bond acceptors (Lipinski definition) is 5. The maximum absolute atomic E-state index is 12.7. The maximum Gasteiger partial charge on any atom is 0.270 e. The third-order valence-electron chi connectivity index (χ3n) is 4.84. The quantitative estimate of drug-likeness (QED) is 0.700. The molecule has 1 heterocycles. The second-order valence-electron chi connectivity index (χ2n) is 7.09. The lowest BCUT2D eigenvalue weighted by molar-refractivity contribution is 0.0717. The number of fused-ring (bicyclic) bond motifs is 1. The number of nitrogens with one attached hydrogen (secondary N) is 1. The molecule has 0 atom stereocenters. The van der Waals surface area contributed by atoms with Gasteiger partial charge in [0, 0.05) is 12.4 Å². The Hall–Kier alpha value is -2.12. The number of rotatable bonds is 7. The van der Waals surface area contributed by atoms with Gasteiger partial charge in [-0.05, 0) is 43.9 Å². The Bertz CT molecular complexity index is 763. The fourth-order valence-electron chi connectivity index (χ4n) is 2.87. The summed E-state index contributed by atoms with van der Waals surface area (Å²) in [6.45, 7) is 1.55. The molecule has 1 aromatic carbocycles. The number of aromatic nitrogens is 2. The van der Waals surface area contributed by atoms with Crippen molar-refractivity contribution in [3.05, 3.63) is 23.9 Å². The molecule has 0 saturated heterocycles. The van der Waals surface area contributed by atoms with E-state index in [2.05, 4.69) is 10.4 Å². The van der Waals surface area contributed by atoms with E-state index in [-0.39, 0.29) is 13.2 Å². The van der Waals surface area contributed by atoms with Gasteiger partial charge < -0.3 is 20.3 Å². The molecule has 0 radical (unpaired) electrons. The smallest absolute Gasteiger partial charge is 0.270 e. The van der Waals surface area contributed by atoms with Gasteiger partial charge >= 0.3 is 0 Å². The standard InChI is InChI=1S/C18H25N3O4/c1-18(10-22,11-23)19-17(24)16-14-8-13(25-9-12-4-3-5-12)6-7-15(14)20-21(16)2/h6-8,12,22-23H,3-5,9-11H2,1-2H3,(H,19,24). The number of benzene rings is 1. The van der Waals surface area contributed by atoms with E-state index in [0.717, 1.165) is 0 Å². The van der Waals surface area contributed by atoms with Gasteiger partial charge in [-0.2, -0.15) is 5.10 Å². The number of aliphatic hydroxyl groups is 2. The number of aryl methyl sites for hydroxylation is 1. The van der Waals surface area contributed by atoms with Gasteiger partial charge in [0.15, 0.2) is 0 Å². The highest BCUT2D eigenvalue weighted by Gasteiger charge is 2.28. The van der Waals surface area contributed by atoms with E-state index in [1.165, 1.54) is 23.9 Å². The van der Waals surface area contributed by atoms with Crippen LogP contribution in [-0.4, -0.2) is 51.3 Å². The van der Waals surface area contributed by atoms with Crippen molar-refractivity contribution < 1.29 is 19.7 Å². The van der Waals surface area contributed by atoms with Gasteiger partial charge in [0.2, 0.25) is 0 Å². The SMILES string of the molecule is Cn1nc2ccc(OCC3CCC3)cc2c1C(=O)NC(C)(CO)CO. The highest BCUT2D eigenvalue weighted by molar-refractivity contribution is 6.05. The van der Waals surface area contributed by atoms with Gasteiger partial charge in [-0.25, -0.2) is 0 Å². The van der Waals surface area contributed by atoms with Crippen LogP contribution in [0.15, 0.2) is 18.2 Å². The Kier molecular flexibility index (Phi) is 4.96. The Balaban J connectivity index is 1.85. The van der Waals surface area contributed by atoms with Crippen LogP contribution in [0.1, 0.15) is 36.7 Å². The maximum atomic E-state index is 12.7. The Morgan fingerprint density at radius 3 is 2.72 bits per heavy atom. The lowest BCUT2D eigenvalue weighted by Gasteiger charge is -2.26. The van der Waals surface area contributed by atoms with E-state index in [0.29, 0.717) is 34.9 Å². The number of hydrogen-bond donors (Lipinski definition) is 3.